The van der Waals surface area contributed by atoms with E-state index in [1.807, 2.05) is 30.3 Å². The smallest absolute Gasteiger partial charge is 0.274 e. The minimum atomic E-state index is -0.797. The molecule has 1 N–H and O–H groups in total. The van der Waals surface area contributed by atoms with Crippen molar-refractivity contribution in [3.05, 3.63) is 54.2 Å². The number of carbonyl (C=O) groups is 2. The fraction of sp³-hybridized carbons (Fsp3) is 0.316. The van der Waals surface area contributed by atoms with E-state index in [2.05, 4.69) is 10.3 Å². The van der Waals surface area contributed by atoms with Crippen molar-refractivity contribution in [1.29, 1.82) is 0 Å². The number of fused-ring (bicyclic) bond motifs is 1. The summed E-state index contributed by atoms with van der Waals surface area (Å²) in [6.45, 7) is 0.947. The zero-order valence-corrected chi connectivity index (χ0v) is 14.6. The van der Waals surface area contributed by atoms with Gasteiger partial charge in [-0.25, -0.2) is 4.98 Å². The Hall–Kier alpha value is -2.93. The molecule has 0 fully saturated rings. The Morgan fingerprint density at radius 2 is 2.08 bits per heavy atom. The maximum Gasteiger partial charge on any atom is 0.274 e. The molecule has 7 nitrogen and oxygen atoms in total. The molecule has 2 heterocycles. The molecule has 0 aliphatic carbocycles. The van der Waals surface area contributed by atoms with E-state index in [1.54, 1.807) is 25.4 Å². The molecule has 1 aliphatic heterocycles. The van der Waals surface area contributed by atoms with Crippen LogP contribution in [0.15, 0.2) is 48.7 Å². The summed E-state index contributed by atoms with van der Waals surface area (Å²) >= 11 is 0. The zero-order chi connectivity index (χ0) is 18.4. The van der Waals surface area contributed by atoms with Gasteiger partial charge in [0.2, 0.25) is 12.0 Å². The van der Waals surface area contributed by atoms with Crippen LogP contribution in [0.25, 0.3) is 0 Å². The van der Waals surface area contributed by atoms with Crippen molar-refractivity contribution in [2.75, 3.05) is 31.7 Å². The van der Waals surface area contributed by atoms with E-state index in [0.29, 0.717) is 31.1 Å². The summed E-state index contributed by atoms with van der Waals surface area (Å²) in [5.74, 6) is 0.277. The third-order valence-corrected chi connectivity index (χ3v) is 3.99. The number of hydrogen-bond acceptors (Lipinski definition) is 5. The van der Waals surface area contributed by atoms with Crippen molar-refractivity contribution < 1.29 is 19.1 Å². The SMILES string of the molecule is COCCCNC(=O)CN1C(=O)C(c2ccccc2)Oc2cccnc21. The number of nitrogens with one attached hydrogen (secondary N) is 1. The van der Waals surface area contributed by atoms with Crippen molar-refractivity contribution in [2.45, 2.75) is 12.5 Å². The van der Waals surface area contributed by atoms with E-state index < -0.39 is 6.10 Å². The Morgan fingerprint density at radius 3 is 2.85 bits per heavy atom. The molecule has 0 saturated heterocycles. The number of benzene rings is 1. The third-order valence-electron chi connectivity index (χ3n) is 3.99. The fourth-order valence-corrected chi connectivity index (χ4v) is 2.74. The lowest BCUT2D eigenvalue weighted by molar-refractivity contribution is -0.129. The lowest BCUT2D eigenvalue weighted by atomic mass is 10.1. The van der Waals surface area contributed by atoms with Gasteiger partial charge in [0.05, 0.1) is 0 Å². The van der Waals surface area contributed by atoms with Crippen LogP contribution in [-0.4, -0.2) is 43.6 Å². The number of carbonyl (C=O) groups excluding carboxylic acids is 2. The van der Waals surface area contributed by atoms with E-state index in [9.17, 15) is 9.59 Å². The highest BCUT2D eigenvalue weighted by atomic mass is 16.5. The van der Waals surface area contributed by atoms with Gasteiger partial charge in [-0.2, -0.15) is 0 Å². The van der Waals surface area contributed by atoms with Crippen LogP contribution in [-0.2, 0) is 14.3 Å². The van der Waals surface area contributed by atoms with E-state index in [4.69, 9.17) is 9.47 Å². The van der Waals surface area contributed by atoms with E-state index >= 15 is 0 Å². The van der Waals surface area contributed by atoms with Crippen LogP contribution in [0.5, 0.6) is 5.75 Å². The molecule has 0 saturated carbocycles. The van der Waals surface area contributed by atoms with Gasteiger partial charge in [-0.05, 0) is 18.6 Å². The number of aromatic nitrogens is 1. The molecule has 3 rings (SSSR count). The summed E-state index contributed by atoms with van der Waals surface area (Å²) < 4.78 is 10.8. The number of pyridine rings is 1. The van der Waals surface area contributed by atoms with Gasteiger partial charge in [0.1, 0.15) is 6.54 Å². The van der Waals surface area contributed by atoms with Crippen molar-refractivity contribution in [3.63, 3.8) is 0 Å². The number of nitrogens with zero attached hydrogens (tertiary/aromatic N) is 2. The second kappa shape index (κ2) is 8.44. The predicted octanol–water partition coefficient (Wildman–Crippen LogP) is 1.70. The topological polar surface area (TPSA) is 80.8 Å². The van der Waals surface area contributed by atoms with Crippen molar-refractivity contribution in [1.82, 2.24) is 10.3 Å². The van der Waals surface area contributed by atoms with E-state index in [0.717, 1.165) is 5.56 Å². The maximum absolute atomic E-state index is 13.0. The van der Waals surface area contributed by atoms with Crippen LogP contribution >= 0.6 is 0 Å². The number of ether oxygens (including phenoxy) is 2. The first-order valence-electron chi connectivity index (χ1n) is 8.44. The summed E-state index contributed by atoms with van der Waals surface area (Å²) in [7, 11) is 1.61. The normalized spacial score (nSPS) is 16.0. The molecule has 0 radical (unpaired) electrons. The molecule has 0 spiro atoms. The quantitative estimate of drug-likeness (QED) is 0.765. The molecular weight excluding hydrogens is 334 g/mol. The van der Waals surface area contributed by atoms with Crippen LogP contribution < -0.4 is 15.0 Å². The summed E-state index contributed by atoms with van der Waals surface area (Å²) in [5, 5.41) is 2.79. The summed E-state index contributed by atoms with van der Waals surface area (Å²) in [6, 6.07) is 12.7. The van der Waals surface area contributed by atoms with Crippen LogP contribution in [0.3, 0.4) is 0 Å². The Bertz CT molecular complexity index is 766. The highest BCUT2D eigenvalue weighted by Crippen LogP contribution is 2.36. The Labute approximate surface area is 151 Å². The monoisotopic (exact) mass is 355 g/mol. The second-order valence-electron chi connectivity index (χ2n) is 5.85. The standard InChI is InChI=1S/C19H21N3O4/c1-25-12-6-11-20-16(23)13-22-18-15(9-5-10-21-18)26-17(19(22)24)14-7-3-2-4-8-14/h2-5,7-10,17H,6,11-13H2,1H3,(H,20,23). The molecule has 1 aromatic carbocycles. The average Bonchev–Trinajstić information content (AvgIpc) is 2.68. The largest absolute Gasteiger partial charge is 0.472 e. The van der Waals surface area contributed by atoms with Crippen molar-refractivity contribution in [2.24, 2.45) is 0 Å². The molecule has 7 heteroatoms. The number of amides is 2. The average molecular weight is 355 g/mol. The zero-order valence-electron chi connectivity index (χ0n) is 14.6. The molecule has 1 aromatic heterocycles. The highest BCUT2D eigenvalue weighted by molar-refractivity contribution is 6.03. The Morgan fingerprint density at radius 1 is 1.27 bits per heavy atom. The number of hydrogen-bond donors (Lipinski definition) is 1. The van der Waals surface area contributed by atoms with Crippen molar-refractivity contribution >= 4 is 17.6 Å². The summed E-state index contributed by atoms with van der Waals surface area (Å²) in [4.78, 5) is 30.8. The number of rotatable bonds is 7. The first-order chi connectivity index (χ1) is 12.7. The minimum absolute atomic E-state index is 0.109. The first-order valence-corrected chi connectivity index (χ1v) is 8.44. The van der Waals surface area contributed by atoms with Gasteiger partial charge in [-0.3, -0.25) is 14.5 Å². The lowest BCUT2D eigenvalue weighted by Crippen LogP contribution is -2.47. The second-order valence-corrected chi connectivity index (χ2v) is 5.85. The van der Waals surface area contributed by atoms with Gasteiger partial charge >= 0.3 is 0 Å². The Kier molecular flexibility index (Phi) is 5.80. The molecular formula is C19H21N3O4. The first kappa shape index (κ1) is 17.9. The third kappa shape index (κ3) is 4.00. The summed E-state index contributed by atoms with van der Waals surface area (Å²) in [6.07, 6.45) is 1.48. The molecule has 136 valence electrons. The highest BCUT2D eigenvalue weighted by Gasteiger charge is 2.37. The molecule has 1 atom stereocenters. The predicted molar refractivity (Wildman–Crippen MR) is 95.9 cm³/mol. The van der Waals surface area contributed by atoms with E-state index in [1.165, 1.54) is 4.90 Å². The van der Waals surface area contributed by atoms with Gasteiger partial charge in [-0.1, -0.05) is 30.3 Å². The molecule has 2 aromatic rings. The van der Waals surface area contributed by atoms with Crippen LogP contribution in [0.4, 0.5) is 5.82 Å². The molecule has 0 bridgehead atoms. The van der Waals surface area contributed by atoms with Gasteiger partial charge in [0.15, 0.2) is 11.6 Å². The summed E-state index contributed by atoms with van der Waals surface area (Å²) in [5.41, 5.74) is 0.734. The van der Waals surface area contributed by atoms with Gasteiger partial charge in [0.25, 0.3) is 5.91 Å². The van der Waals surface area contributed by atoms with Crippen LogP contribution in [0.2, 0.25) is 0 Å². The fourth-order valence-electron chi connectivity index (χ4n) is 2.74. The maximum atomic E-state index is 13.0. The van der Waals surface area contributed by atoms with Gasteiger partial charge in [0, 0.05) is 32.0 Å². The van der Waals surface area contributed by atoms with Crippen LogP contribution in [0, 0.1) is 0 Å². The Balaban J connectivity index is 1.78. The van der Waals surface area contributed by atoms with Crippen molar-refractivity contribution in [3.8, 4) is 5.75 Å². The van der Waals surface area contributed by atoms with Gasteiger partial charge < -0.3 is 14.8 Å². The molecule has 2 amide bonds. The van der Waals surface area contributed by atoms with E-state index in [-0.39, 0.29) is 18.4 Å². The van der Waals surface area contributed by atoms with Crippen LogP contribution in [0.1, 0.15) is 18.1 Å². The lowest BCUT2D eigenvalue weighted by Gasteiger charge is -2.33. The minimum Gasteiger partial charge on any atom is -0.472 e. The molecule has 1 aliphatic rings. The molecule has 26 heavy (non-hydrogen) atoms. The molecule has 1 unspecified atom stereocenters. The number of anilines is 1. The number of methoxy groups -OCH3 is 1. The van der Waals surface area contributed by atoms with Gasteiger partial charge in [-0.15, -0.1) is 0 Å².